The van der Waals surface area contributed by atoms with Gasteiger partial charge in [-0.05, 0) is 42.0 Å². The third kappa shape index (κ3) is 3.79. The highest BCUT2D eigenvalue weighted by Crippen LogP contribution is 2.26. The summed E-state index contributed by atoms with van der Waals surface area (Å²) in [6, 6.07) is 19.7. The van der Waals surface area contributed by atoms with Crippen LogP contribution in [0, 0.1) is 0 Å². The van der Waals surface area contributed by atoms with Crippen LogP contribution in [-0.4, -0.2) is 34.3 Å². The van der Waals surface area contributed by atoms with Crippen LogP contribution in [-0.2, 0) is 0 Å². The molecule has 0 atom stereocenters. The molecule has 7 nitrogen and oxygen atoms in total. The number of aromatic amines is 1. The van der Waals surface area contributed by atoms with E-state index in [9.17, 15) is 9.90 Å². The maximum atomic E-state index is 12.7. The van der Waals surface area contributed by atoms with Gasteiger partial charge in [0.1, 0.15) is 5.82 Å². The molecule has 29 heavy (non-hydrogen) atoms. The molecule has 4 rings (SSSR count). The van der Waals surface area contributed by atoms with Gasteiger partial charge < -0.3 is 14.8 Å². The SMILES string of the molecule is COc1cc(/C=N/NC(=O)c2ccccc2-c2nc3ccccc3[nH]2)ccc1O. The van der Waals surface area contributed by atoms with Crippen LogP contribution < -0.4 is 10.2 Å². The molecule has 144 valence electrons. The zero-order valence-electron chi connectivity index (χ0n) is 15.6. The number of imidazole rings is 1. The fourth-order valence-corrected chi connectivity index (χ4v) is 2.97. The Morgan fingerprint density at radius 3 is 2.76 bits per heavy atom. The number of hydrogen-bond donors (Lipinski definition) is 3. The Morgan fingerprint density at radius 2 is 1.93 bits per heavy atom. The standard InChI is InChI=1S/C22H18N4O3/c1-29-20-12-14(10-11-19(20)27)13-23-26-22(28)16-7-3-2-6-15(16)21-24-17-8-4-5-9-18(17)25-21/h2-13,27H,1H3,(H,24,25)(H,26,28)/b23-13+. The summed E-state index contributed by atoms with van der Waals surface area (Å²) >= 11 is 0. The molecule has 0 bridgehead atoms. The molecule has 1 heterocycles. The Morgan fingerprint density at radius 1 is 1.14 bits per heavy atom. The van der Waals surface area contributed by atoms with Gasteiger partial charge in [0.25, 0.3) is 5.91 Å². The second kappa shape index (κ2) is 7.85. The quantitative estimate of drug-likeness (QED) is 0.360. The Labute approximate surface area is 166 Å². The zero-order chi connectivity index (χ0) is 20.2. The zero-order valence-corrected chi connectivity index (χ0v) is 15.6. The number of hydrogen-bond acceptors (Lipinski definition) is 5. The first-order chi connectivity index (χ1) is 14.2. The Hall–Kier alpha value is -4.13. The van der Waals surface area contributed by atoms with Crippen molar-refractivity contribution in [1.82, 2.24) is 15.4 Å². The molecular formula is C22H18N4O3. The summed E-state index contributed by atoms with van der Waals surface area (Å²) in [5.41, 5.74) is 6.07. The number of para-hydroxylation sites is 2. The second-order valence-corrected chi connectivity index (χ2v) is 6.28. The molecule has 0 radical (unpaired) electrons. The van der Waals surface area contributed by atoms with E-state index in [1.165, 1.54) is 19.4 Å². The smallest absolute Gasteiger partial charge is 0.272 e. The maximum Gasteiger partial charge on any atom is 0.272 e. The summed E-state index contributed by atoms with van der Waals surface area (Å²) < 4.78 is 5.06. The number of carbonyl (C=O) groups is 1. The fourth-order valence-electron chi connectivity index (χ4n) is 2.97. The van der Waals surface area contributed by atoms with Crippen LogP contribution in [0.25, 0.3) is 22.4 Å². The van der Waals surface area contributed by atoms with E-state index in [0.717, 1.165) is 11.0 Å². The molecule has 0 fully saturated rings. The van der Waals surface area contributed by atoms with Gasteiger partial charge in [0.15, 0.2) is 11.5 Å². The molecule has 1 aromatic heterocycles. The molecule has 4 aromatic rings. The van der Waals surface area contributed by atoms with E-state index in [1.807, 2.05) is 36.4 Å². The van der Waals surface area contributed by atoms with Crippen LogP contribution in [0.2, 0.25) is 0 Å². The minimum absolute atomic E-state index is 0.0356. The number of benzene rings is 3. The molecular weight excluding hydrogens is 368 g/mol. The normalized spacial score (nSPS) is 11.1. The number of hydrazone groups is 1. The number of phenols is 1. The first kappa shape index (κ1) is 18.2. The Balaban J connectivity index is 1.56. The van der Waals surface area contributed by atoms with E-state index in [4.69, 9.17) is 4.74 Å². The summed E-state index contributed by atoms with van der Waals surface area (Å²) in [5.74, 6) is 0.621. The number of fused-ring (bicyclic) bond motifs is 1. The van der Waals surface area contributed by atoms with Gasteiger partial charge in [-0.3, -0.25) is 4.79 Å². The van der Waals surface area contributed by atoms with Crippen LogP contribution in [0.15, 0.2) is 71.8 Å². The molecule has 0 unspecified atom stereocenters. The van der Waals surface area contributed by atoms with E-state index >= 15 is 0 Å². The van der Waals surface area contributed by atoms with Gasteiger partial charge in [-0.1, -0.05) is 30.3 Å². The van der Waals surface area contributed by atoms with Crippen LogP contribution >= 0.6 is 0 Å². The summed E-state index contributed by atoms with van der Waals surface area (Å²) in [6.45, 7) is 0. The van der Waals surface area contributed by atoms with Crippen LogP contribution in [0.4, 0.5) is 0 Å². The van der Waals surface area contributed by atoms with Crippen molar-refractivity contribution in [3.63, 3.8) is 0 Å². The lowest BCUT2D eigenvalue weighted by Crippen LogP contribution is -2.18. The van der Waals surface area contributed by atoms with Gasteiger partial charge in [-0.25, -0.2) is 10.4 Å². The predicted molar refractivity (Wildman–Crippen MR) is 111 cm³/mol. The van der Waals surface area contributed by atoms with E-state index in [0.29, 0.717) is 28.3 Å². The number of H-pyrrole nitrogens is 1. The van der Waals surface area contributed by atoms with Crippen LogP contribution in [0.1, 0.15) is 15.9 Å². The molecule has 0 saturated carbocycles. The number of nitrogens with zero attached hydrogens (tertiary/aromatic N) is 2. The number of aromatic nitrogens is 2. The van der Waals surface area contributed by atoms with Crippen molar-refractivity contribution in [2.24, 2.45) is 5.10 Å². The average Bonchev–Trinajstić information content (AvgIpc) is 3.19. The molecule has 3 aromatic carbocycles. The van der Waals surface area contributed by atoms with Crippen molar-refractivity contribution < 1.29 is 14.6 Å². The minimum atomic E-state index is -0.358. The number of methoxy groups -OCH3 is 1. The highest BCUT2D eigenvalue weighted by molar-refractivity contribution is 6.01. The second-order valence-electron chi connectivity index (χ2n) is 6.28. The van der Waals surface area contributed by atoms with E-state index < -0.39 is 0 Å². The molecule has 0 spiro atoms. The van der Waals surface area contributed by atoms with E-state index in [1.54, 1.807) is 24.3 Å². The van der Waals surface area contributed by atoms with Gasteiger partial charge in [-0.2, -0.15) is 5.10 Å². The molecule has 0 aliphatic heterocycles. The minimum Gasteiger partial charge on any atom is -0.504 e. The number of rotatable bonds is 5. The highest BCUT2D eigenvalue weighted by atomic mass is 16.5. The lowest BCUT2D eigenvalue weighted by Gasteiger charge is -2.06. The topological polar surface area (TPSA) is 99.6 Å². The summed E-state index contributed by atoms with van der Waals surface area (Å²) in [7, 11) is 1.47. The number of carbonyl (C=O) groups excluding carboxylic acids is 1. The van der Waals surface area contributed by atoms with Gasteiger partial charge in [-0.15, -0.1) is 0 Å². The Kier molecular flexibility index (Phi) is 4.94. The number of amides is 1. The number of nitrogens with one attached hydrogen (secondary N) is 2. The van der Waals surface area contributed by atoms with E-state index in [2.05, 4.69) is 20.5 Å². The van der Waals surface area contributed by atoms with Crippen molar-refractivity contribution >= 4 is 23.2 Å². The largest absolute Gasteiger partial charge is 0.504 e. The van der Waals surface area contributed by atoms with Crippen molar-refractivity contribution in [2.75, 3.05) is 7.11 Å². The van der Waals surface area contributed by atoms with Crippen molar-refractivity contribution in [3.8, 4) is 22.9 Å². The maximum absolute atomic E-state index is 12.7. The highest BCUT2D eigenvalue weighted by Gasteiger charge is 2.14. The first-order valence-electron chi connectivity index (χ1n) is 8.90. The Bertz CT molecular complexity index is 1180. The summed E-state index contributed by atoms with van der Waals surface area (Å²) in [4.78, 5) is 20.5. The van der Waals surface area contributed by atoms with Crippen LogP contribution in [0.5, 0.6) is 11.5 Å². The average molecular weight is 386 g/mol. The number of ether oxygens (including phenoxy) is 1. The predicted octanol–water partition coefficient (Wildman–Crippen LogP) is 3.71. The van der Waals surface area contributed by atoms with Gasteiger partial charge in [0, 0.05) is 5.56 Å². The van der Waals surface area contributed by atoms with Crippen molar-refractivity contribution in [3.05, 3.63) is 77.9 Å². The monoisotopic (exact) mass is 386 g/mol. The third-order valence-electron chi connectivity index (χ3n) is 4.40. The third-order valence-corrected chi connectivity index (χ3v) is 4.40. The van der Waals surface area contributed by atoms with Gasteiger partial charge in [0.2, 0.25) is 0 Å². The number of aromatic hydroxyl groups is 1. The molecule has 0 saturated heterocycles. The van der Waals surface area contributed by atoms with Gasteiger partial charge in [0.05, 0.1) is 29.9 Å². The first-order valence-corrected chi connectivity index (χ1v) is 8.90. The van der Waals surface area contributed by atoms with E-state index in [-0.39, 0.29) is 11.7 Å². The fraction of sp³-hybridized carbons (Fsp3) is 0.0455. The molecule has 0 aliphatic rings. The lowest BCUT2D eigenvalue weighted by atomic mass is 10.1. The van der Waals surface area contributed by atoms with Gasteiger partial charge >= 0.3 is 0 Å². The lowest BCUT2D eigenvalue weighted by molar-refractivity contribution is 0.0955. The molecule has 7 heteroatoms. The van der Waals surface area contributed by atoms with Crippen molar-refractivity contribution in [2.45, 2.75) is 0 Å². The van der Waals surface area contributed by atoms with Crippen molar-refractivity contribution in [1.29, 1.82) is 0 Å². The number of phenolic OH excluding ortho intramolecular Hbond substituents is 1. The molecule has 1 amide bonds. The van der Waals surface area contributed by atoms with Crippen LogP contribution in [0.3, 0.4) is 0 Å². The summed E-state index contributed by atoms with van der Waals surface area (Å²) in [6.07, 6.45) is 1.48. The molecule has 0 aliphatic carbocycles. The molecule has 3 N–H and O–H groups in total. The summed E-state index contributed by atoms with van der Waals surface area (Å²) in [5, 5.41) is 13.6.